The first-order valence-electron chi connectivity index (χ1n) is 7.86. The molecule has 0 atom stereocenters. The maximum Gasteiger partial charge on any atom is 0.262 e. The van der Waals surface area contributed by atoms with Crippen LogP contribution in [-0.4, -0.2) is 21.4 Å². The minimum absolute atomic E-state index is 0.0772. The number of fused-ring (bicyclic) bond motifs is 1. The van der Waals surface area contributed by atoms with E-state index in [4.69, 9.17) is 0 Å². The number of aromatic nitrogens is 2. The summed E-state index contributed by atoms with van der Waals surface area (Å²) in [5, 5.41) is 0. The van der Waals surface area contributed by atoms with Gasteiger partial charge in [0.25, 0.3) is 5.91 Å². The van der Waals surface area contributed by atoms with Gasteiger partial charge in [0.05, 0.1) is 17.5 Å². The fraction of sp³-hybridized carbons (Fsp3) is 0.105. The molecule has 2 N–H and O–H groups in total. The van der Waals surface area contributed by atoms with Gasteiger partial charge >= 0.3 is 0 Å². The van der Waals surface area contributed by atoms with E-state index in [2.05, 4.69) is 15.8 Å². The van der Waals surface area contributed by atoms with E-state index in [9.17, 15) is 9.59 Å². The molecule has 0 radical (unpaired) electrons. The molecule has 3 aromatic rings. The first-order valence-corrected chi connectivity index (χ1v) is 7.86. The average molecular weight is 334 g/mol. The normalized spacial score (nSPS) is 10.9. The van der Waals surface area contributed by atoms with E-state index < -0.39 is 5.91 Å². The van der Waals surface area contributed by atoms with Gasteiger partial charge in [-0.15, -0.1) is 0 Å². The fourth-order valence-corrected chi connectivity index (χ4v) is 2.45. The van der Waals surface area contributed by atoms with E-state index in [0.717, 1.165) is 16.6 Å². The molecule has 2 aromatic carbocycles. The van der Waals surface area contributed by atoms with Crippen molar-refractivity contribution in [3.05, 3.63) is 72.1 Å². The fourth-order valence-electron chi connectivity index (χ4n) is 2.45. The summed E-state index contributed by atoms with van der Waals surface area (Å²) in [5.74, 6) is -0.102. The number of imidazole rings is 1. The Labute approximate surface area is 145 Å². The predicted octanol–water partition coefficient (Wildman–Crippen LogP) is 1.98. The summed E-state index contributed by atoms with van der Waals surface area (Å²) in [6, 6.07) is 17.1. The van der Waals surface area contributed by atoms with Crippen molar-refractivity contribution in [1.82, 2.24) is 20.4 Å². The Balaban J connectivity index is 1.54. The van der Waals surface area contributed by atoms with Crippen molar-refractivity contribution >= 4 is 28.9 Å². The van der Waals surface area contributed by atoms with E-state index in [0.29, 0.717) is 5.82 Å². The molecule has 0 spiro atoms. The number of para-hydroxylation sites is 2. The lowest BCUT2D eigenvalue weighted by atomic mass is 10.2. The van der Waals surface area contributed by atoms with Gasteiger partial charge in [0.15, 0.2) is 0 Å². The molecule has 0 aliphatic heterocycles. The summed E-state index contributed by atoms with van der Waals surface area (Å²) < 4.78 is 1.87. The van der Waals surface area contributed by atoms with Crippen molar-refractivity contribution < 1.29 is 9.59 Å². The van der Waals surface area contributed by atoms with E-state index >= 15 is 0 Å². The molecular weight excluding hydrogens is 316 g/mol. The third-order valence-corrected chi connectivity index (χ3v) is 3.75. The summed E-state index contributed by atoms with van der Waals surface area (Å²) in [4.78, 5) is 28.2. The smallest absolute Gasteiger partial charge is 0.262 e. The Morgan fingerprint density at radius 2 is 1.76 bits per heavy atom. The number of hydrogen-bond acceptors (Lipinski definition) is 3. The van der Waals surface area contributed by atoms with Crippen LogP contribution in [0.1, 0.15) is 11.4 Å². The van der Waals surface area contributed by atoms with E-state index in [-0.39, 0.29) is 12.3 Å². The number of carbonyl (C=O) groups excluding carboxylic acids is 2. The molecular formula is C19H18N4O2. The maximum atomic E-state index is 12.0. The third-order valence-electron chi connectivity index (χ3n) is 3.75. The molecule has 126 valence electrons. The summed E-state index contributed by atoms with van der Waals surface area (Å²) in [6.45, 7) is 0. The first-order chi connectivity index (χ1) is 12.1. The van der Waals surface area contributed by atoms with Gasteiger partial charge in [-0.25, -0.2) is 4.98 Å². The minimum Gasteiger partial charge on any atom is -0.331 e. The van der Waals surface area contributed by atoms with Crippen molar-refractivity contribution in [3.63, 3.8) is 0 Å². The average Bonchev–Trinajstić information content (AvgIpc) is 2.95. The van der Waals surface area contributed by atoms with Crippen LogP contribution in [0, 0.1) is 0 Å². The third kappa shape index (κ3) is 4.11. The maximum absolute atomic E-state index is 12.0. The largest absolute Gasteiger partial charge is 0.331 e. The van der Waals surface area contributed by atoms with Crippen molar-refractivity contribution in [2.24, 2.45) is 7.05 Å². The number of rotatable bonds is 4. The van der Waals surface area contributed by atoms with E-state index in [1.54, 1.807) is 6.08 Å². The zero-order valence-electron chi connectivity index (χ0n) is 13.8. The number of benzene rings is 2. The highest BCUT2D eigenvalue weighted by atomic mass is 16.2. The number of carbonyl (C=O) groups is 2. The summed E-state index contributed by atoms with van der Waals surface area (Å²) in [6.07, 6.45) is 3.12. The summed E-state index contributed by atoms with van der Waals surface area (Å²) >= 11 is 0. The van der Waals surface area contributed by atoms with Crippen LogP contribution in [0.5, 0.6) is 0 Å². The monoisotopic (exact) mass is 334 g/mol. The van der Waals surface area contributed by atoms with Gasteiger partial charge in [0.1, 0.15) is 5.82 Å². The van der Waals surface area contributed by atoms with Gasteiger partial charge in [0.2, 0.25) is 5.91 Å². The molecule has 0 bridgehead atoms. The Morgan fingerprint density at radius 1 is 1.04 bits per heavy atom. The van der Waals surface area contributed by atoms with Crippen molar-refractivity contribution in [2.45, 2.75) is 6.42 Å². The van der Waals surface area contributed by atoms with Crippen molar-refractivity contribution in [2.75, 3.05) is 0 Å². The molecule has 0 unspecified atom stereocenters. The summed E-state index contributed by atoms with van der Waals surface area (Å²) in [7, 11) is 1.86. The van der Waals surface area contributed by atoms with Gasteiger partial charge in [0, 0.05) is 13.1 Å². The van der Waals surface area contributed by atoms with Crippen LogP contribution in [-0.2, 0) is 23.1 Å². The van der Waals surface area contributed by atoms with E-state index in [1.165, 1.54) is 6.08 Å². The molecule has 1 heterocycles. The number of aryl methyl sites for hydroxylation is 1. The highest BCUT2D eigenvalue weighted by molar-refractivity contribution is 5.93. The molecule has 25 heavy (non-hydrogen) atoms. The first kappa shape index (κ1) is 16.4. The minimum atomic E-state index is -0.401. The molecule has 6 heteroatoms. The molecule has 3 rings (SSSR count). The lowest BCUT2D eigenvalue weighted by Gasteiger charge is -2.05. The predicted molar refractivity (Wildman–Crippen MR) is 96.2 cm³/mol. The molecule has 6 nitrogen and oxygen atoms in total. The SMILES string of the molecule is Cn1c(CC(=O)NNC(=O)/C=C/c2ccccc2)nc2ccccc21. The molecule has 2 amide bonds. The van der Waals surface area contributed by atoms with Crippen LogP contribution in [0.25, 0.3) is 17.1 Å². The zero-order chi connectivity index (χ0) is 17.6. The zero-order valence-corrected chi connectivity index (χ0v) is 13.8. The van der Waals surface area contributed by atoms with Crippen molar-refractivity contribution in [1.29, 1.82) is 0 Å². The Bertz CT molecular complexity index is 929. The number of nitrogens with one attached hydrogen (secondary N) is 2. The Hall–Kier alpha value is -3.41. The molecule has 0 aliphatic rings. The van der Waals surface area contributed by atoms with Crippen molar-refractivity contribution in [3.8, 4) is 0 Å². The molecule has 0 saturated carbocycles. The quantitative estimate of drug-likeness (QED) is 0.566. The van der Waals surface area contributed by atoms with Gasteiger partial charge in [-0.3, -0.25) is 20.4 Å². The van der Waals surface area contributed by atoms with Crippen LogP contribution < -0.4 is 10.9 Å². The van der Waals surface area contributed by atoms with Gasteiger partial charge in [-0.05, 0) is 23.8 Å². The lowest BCUT2D eigenvalue weighted by molar-refractivity contribution is -0.126. The number of hydrogen-bond donors (Lipinski definition) is 2. The molecule has 0 aliphatic carbocycles. The summed E-state index contributed by atoms with van der Waals surface area (Å²) in [5.41, 5.74) is 7.46. The van der Waals surface area contributed by atoms with Crippen LogP contribution in [0.3, 0.4) is 0 Å². The standard InChI is InChI=1S/C19H18N4O2/c1-23-16-10-6-5-9-15(16)20-17(23)13-19(25)22-21-18(24)12-11-14-7-3-2-4-8-14/h2-12H,13H2,1H3,(H,21,24)(H,22,25)/b12-11+. The second-order valence-electron chi connectivity index (χ2n) is 5.53. The highest BCUT2D eigenvalue weighted by Gasteiger charge is 2.11. The van der Waals surface area contributed by atoms with Crippen LogP contribution in [0.15, 0.2) is 60.7 Å². The van der Waals surface area contributed by atoms with Gasteiger partial charge < -0.3 is 4.57 Å². The molecule has 1 aromatic heterocycles. The Kier molecular flexibility index (Phi) is 4.89. The van der Waals surface area contributed by atoms with Gasteiger partial charge in [-0.2, -0.15) is 0 Å². The topological polar surface area (TPSA) is 76.0 Å². The lowest BCUT2D eigenvalue weighted by Crippen LogP contribution is -2.41. The van der Waals surface area contributed by atoms with Crippen LogP contribution in [0.2, 0.25) is 0 Å². The van der Waals surface area contributed by atoms with E-state index in [1.807, 2.05) is 66.2 Å². The second kappa shape index (κ2) is 7.44. The number of nitrogens with zero attached hydrogens (tertiary/aromatic N) is 2. The molecule has 0 saturated heterocycles. The number of hydrazine groups is 1. The van der Waals surface area contributed by atoms with Gasteiger partial charge in [-0.1, -0.05) is 42.5 Å². The molecule has 0 fully saturated rings. The Morgan fingerprint density at radius 3 is 2.52 bits per heavy atom. The highest BCUT2D eigenvalue weighted by Crippen LogP contribution is 2.14. The number of amides is 2. The van der Waals surface area contributed by atoms with Crippen LogP contribution >= 0.6 is 0 Å². The second-order valence-corrected chi connectivity index (χ2v) is 5.53. The van der Waals surface area contributed by atoms with Crippen LogP contribution in [0.4, 0.5) is 0 Å².